The van der Waals surface area contributed by atoms with Gasteiger partial charge in [-0.1, -0.05) is 12.6 Å². The van der Waals surface area contributed by atoms with Crippen molar-refractivity contribution in [2.75, 3.05) is 20.1 Å². The van der Waals surface area contributed by atoms with Gasteiger partial charge >= 0.3 is 0 Å². The fraction of sp³-hybridized carbons (Fsp3) is 0.538. The highest BCUT2D eigenvalue weighted by atomic mass is 32.1. The van der Waals surface area contributed by atoms with Crippen molar-refractivity contribution in [2.24, 2.45) is 0 Å². The first-order valence-corrected chi connectivity index (χ1v) is 6.59. The van der Waals surface area contributed by atoms with Crippen LogP contribution in [0.4, 0.5) is 0 Å². The van der Waals surface area contributed by atoms with Crippen molar-refractivity contribution in [3.63, 3.8) is 0 Å². The Bertz CT molecular complexity index is 304. The molecule has 16 heavy (non-hydrogen) atoms. The SMILES string of the molecule is C=C(CNC)CN(Cc1cccs1)C(C)C. The fourth-order valence-electron chi connectivity index (χ4n) is 1.62. The van der Waals surface area contributed by atoms with Crippen LogP contribution in [0.5, 0.6) is 0 Å². The quantitative estimate of drug-likeness (QED) is 0.735. The second-order valence-electron chi connectivity index (χ2n) is 4.36. The number of thiophene rings is 1. The van der Waals surface area contributed by atoms with Gasteiger partial charge in [-0.05, 0) is 37.9 Å². The van der Waals surface area contributed by atoms with Gasteiger partial charge in [0, 0.05) is 30.6 Å². The van der Waals surface area contributed by atoms with Crippen molar-refractivity contribution >= 4 is 11.3 Å². The molecular formula is C13H22N2S. The van der Waals surface area contributed by atoms with E-state index in [2.05, 4.69) is 48.2 Å². The van der Waals surface area contributed by atoms with E-state index in [1.807, 2.05) is 18.4 Å². The lowest BCUT2D eigenvalue weighted by Crippen LogP contribution is -2.33. The standard InChI is InChI=1S/C13H22N2S/c1-11(2)15(9-12(3)8-14-4)10-13-6-5-7-16-13/h5-7,11,14H,3,8-10H2,1-2,4H3. The summed E-state index contributed by atoms with van der Waals surface area (Å²) in [6, 6.07) is 4.86. The van der Waals surface area contributed by atoms with Crippen LogP contribution >= 0.6 is 11.3 Å². The molecule has 0 saturated carbocycles. The number of nitrogens with one attached hydrogen (secondary N) is 1. The molecule has 0 radical (unpaired) electrons. The van der Waals surface area contributed by atoms with E-state index in [0.29, 0.717) is 6.04 Å². The van der Waals surface area contributed by atoms with Crippen LogP contribution in [-0.4, -0.2) is 31.1 Å². The van der Waals surface area contributed by atoms with Crippen LogP contribution in [0.3, 0.4) is 0 Å². The molecule has 0 amide bonds. The average molecular weight is 238 g/mol. The summed E-state index contributed by atoms with van der Waals surface area (Å²) in [5.74, 6) is 0. The van der Waals surface area contributed by atoms with Gasteiger partial charge in [-0.2, -0.15) is 0 Å². The minimum Gasteiger partial charge on any atom is -0.316 e. The lowest BCUT2D eigenvalue weighted by Gasteiger charge is -2.26. The predicted octanol–water partition coefficient (Wildman–Crippen LogP) is 2.73. The molecule has 1 rings (SSSR count). The summed E-state index contributed by atoms with van der Waals surface area (Å²) in [5.41, 5.74) is 1.24. The lowest BCUT2D eigenvalue weighted by molar-refractivity contribution is 0.233. The summed E-state index contributed by atoms with van der Waals surface area (Å²) in [4.78, 5) is 3.87. The molecule has 3 heteroatoms. The van der Waals surface area contributed by atoms with E-state index in [1.54, 1.807) is 0 Å². The van der Waals surface area contributed by atoms with Gasteiger partial charge < -0.3 is 5.32 Å². The van der Waals surface area contributed by atoms with Gasteiger partial charge in [-0.3, -0.25) is 4.90 Å². The molecule has 2 nitrogen and oxygen atoms in total. The lowest BCUT2D eigenvalue weighted by atomic mass is 10.2. The molecule has 0 aliphatic heterocycles. The first kappa shape index (κ1) is 13.4. The van der Waals surface area contributed by atoms with Crippen molar-refractivity contribution in [1.82, 2.24) is 10.2 Å². The van der Waals surface area contributed by atoms with Gasteiger partial charge in [0.25, 0.3) is 0 Å². The molecule has 90 valence electrons. The highest BCUT2D eigenvalue weighted by Gasteiger charge is 2.11. The molecule has 0 aliphatic carbocycles. The molecule has 0 unspecified atom stereocenters. The third-order valence-corrected chi connectivity index (χ3v) is 3.38. The third kappa shape index (κ3) is 4.47. The summed E-state index contributed by atoms with van der Waals surface area (Å²) in [6.45, 7) is 11.5. The van der Waals surface area contributed by atoms with Crippen molar-refractivity contribution < 1.29 is 0 Å². The molecule has 0 saturated heterocycles. The molecular weight excluding hydrogens is 216 g/mol. The number of rotatable bonds is 7. The molecule has 0 fully saturated rings. The van der Waals surface area contributed by atoms with Crippen molar-refractivity contribution in [1.29, 1.82) is 0 Å². The monoisotopic (exact) mass is 238 g/mol. The summed E-state index contributed by atoms with van der Waals surface area (Å²) in [7, 11) is 1.96. The second-order valence-corrected chi connectivity index (χ2v) is 5.39. The topological polar surface area (TPSA) is 15.3 Å². The summed E-state index contributed by atoms with van der Waals surface area (Å²) in [5, 5.41) is 5.28. The fourth-order valence-corrected chi connectivity index (χ4v) is 2.35. The smallest absolute Gasteiger partial charge is 0.0334 e. The Morgan fingerprint density at radius 3 is 2.81 bits per heavy atom. The number of likely N-dealkylation sites (N-methyl/N-ethyl adjacent to an activating group) is 1. The summed E-state index contributed by atoms with van der Waals surface area (Å²) < 4.78 is 0. The molecule has 1 heterocycles. The van der Waals surface area contributed by atoms with E-state index in [9.17, 15) is 0 Å². The molecule has 0 spiro atoms. The van der Waals surface area contributed by atoms with Crippen molar-refractivity contribution in [2.45, 2.75) is 26.4 Å². The number of nitrogens with zero attached hydrogens (tertiary/aromatic N) is 1. The van der Waals surface area contributed by atoms with Crippen LogP contribution < -0.4 is 5.32 Å². The largest absolute Gasteiger partial charge is 0.316 e. The normalized spacial score (nSPS) is 11.3. The molecule has 0 aliphatic rings. The Labute approximate surface area is 103 Å². The predicted molar refractivity (Wildman–Crippen MR) is 72.9 cm³/mol. The Morgan fingerprint density at radius 2 is 2.31 bits per heavy atom. The molecule has 1 aromatic heterocycles. The number of hydrogen-bond donors (Lipinski definition) is 1. The van der Waals surface area contributed by atoms with Crippen molar-refractivity contribution in [3.05, 3.63) is 34.5 Å². The first-order valence-electron chi connectivity index (χ1n) is 5.71. The molecule has 1 aromatic rings. The van der Waals surface area contributed by atoms with Crippen molar-refractivity contribution in [3.8, 4) is 0 Å². The van der Waals surface area contributed by atoms with Crippen LogP contribution in [0.25, 0.3) is 0 Å². The molecule has 1 N–H and O–H groups in total. The summed E-state index contributed by atoms with van der Waals surface area (Å²) in [6.07, 6.45) is 0. The highest BCUT2D eigenvalue weighted by Crippen LogP contribution is 2.14. The maximum Gasteiger partial charge on any atom is 0.0334 e. The maximum absolute atomic E-state index is 4.10. The van der Waals surface area contributed by atoms with Crippen LogP contribution in [0.1, 0.15) is 18.7 Å². The third-order valence-electron chi connectivity index (χ3n) is 2.52. The minimum atomic E-state index is 0.552. The zero-order chi connectivity index (χ0) is 12.0. The van der Waals surface area contributed by atoms with E-state index in [0.717, 1.165) is 19.6 Å². The molecule has 0 bridgehead atoms. The Hall–Kier alpha value is -0.640. The van der Waals surface area contributed by atoms with E-state index in [1.165, 1.54) is 10.5 Å². The summed E-state index contributed by atoms with van der Waals surface area (Å²) >= 11 is 1.82. The van der Waals surface area contributed by atoms with Crippen LogP contribution in [0, 0.1) is 0 Å². The van der Waals surface area contributed by atoms with E-state index >= 15 is 0 Å². The Morgan fingerprint density at radius 1 is 1.56 bits per heavy atom. The van der Waals surface area contributed by atoms with E-state index in [-0.39, 0.29) is 0 Å². The van der Waals surface area contributed by atoms with E-state index in [4.69, 9.17) is 0 Å². The molecule has 0 atom stereocenters. The Kier molecular flexibility index (Phi) is 5.74. The van der Waals surface area contributed by atoms with Crippen LogP contribution in [0.15, 0.2) is 29.7 Å². The van der Waals surface area contributed by atoms with Gasteiger partial charge in [-0.25, -0.2) is 0 Å². The van der Waals surface area contributed by atoms with Crippen LogP contribution in [0.2, 0.25) is 0 Å². The average Bonchev–Trinajstić information content (AvgIpc) is 2.69. The van der Waals surface area contributed by atoms with Gasteiger partial charge in [0.2, 0.25) is 0 Å². The number of hydrogen-bond acceptors (Lipinski definition) is 3. The second kappa shape index (κ2) is 6.84. The van der Waals surface area contributed by atoms with E-state index < -0.39 is 0 Å². The minimum absolute atomic E-state index is 0.552. The van der Waals surface area contributed by atoms with Gasteiger partial charge in [0.05, 0.1) is 0 Å². The highest BCUT2D eigenvalue weighted by molar-refractivity contribution is 7.09. The maximum atomic E-state index is 4.10. The zero-order valence-corrected chi connectivity index (χ0v) is 11.3. The van der Waals surface area contributed by atoms with Crippen LogP contribution in [-0.2, 0) is 6.54 Å². The zero-order valence-electron chi connectivity index (χ0n) is 10.5. The van der Waals surface area contributed by atoms with Gasteiger partial charge in [-0.15, -0.1) is 11.3 Å². The first-order chi connectivity index (χ1) is 7.63. The van der Waals surface area contributed by atoms with Gasteiger partial charge in [0.15, 0.2) is 0 Å². The Balaban J connectivity index is 2.51. The van der Waals surface area contributed by atoms with Gasteiger partial charge in [0.1, 0.15) is 0 Å². The molecule has 0 aromatic carbocycles.